The predicted molar refractivity (Wildman–Crippen MR) is 127 cm³/mol. The van der Waals surface area contributed by atoms with Gasteiger partial charge in [0.1, 0.15) is 23.1 Å². The molecule has 3 amide bonds. The Bertz CT molecular complexity index is 1190. The van der Waals surface area contributed by atoms with Crippen molar-refractivity contribution in [2.24, 2.45) is 5.92 Å². The van der Waals surface area contributed by atoms with Gasteiger partial charge >= 0.3 is 0 Å². The quantitative estimate of drug-likeness (QED) is 0.629. The average molecular weight is 477 g/mol. The van der Waals surface area contributed by atoms with Crippen molar-refractivity contribution in [3.05, 3.63) is 59.2 Å². The van der Waals surface area contributed by atoms with E-state index in [-0.39, 0.29) is 24.0 Å². The molecule has 0 saturated carbocycles. The highest BCUT2D eigenvalue weighted by atomic mass is 16.5. The van der Waals surface area contributed by atoms with Crippen LogP contribution >= 0.6 is 0 Å². The highest BCUT2D eigenvalue weighted by Gasteiger charge is 2.48. The summed E-state index contributed by atoms with van der Waals surface area (Å²) in [5, 5.41) is 0. The van der Waals surface area contributed by atoms with Gasteiger partial charge in [-0.15, -0.1) is 0 Å². The number of nitrogens with zero attached hydrogens (tertiary/aromatic N) is 2. The second-order valence-corrected chi connectivity index (χ2v) is 9.79. The molecule has 182 valence electrons. The van der Waals surface area contributed by atoms with E-state index in [9.17, 15) is 19.2 Å². The Morgan fingerprint density at radius 1 is 0.971 bits per heavy atom. The standard InChI is InChI=1S/C27H28N2O6/c1-16(2)23(29-24(31)18-6-4-5-7-19(18)25(29)32)26(33)28-12-10-27(11-13-28)15-21(30)20-14-17(34-3)8-9-22(20)35-27/h4-9,14,16,23H,10-13,15H2,1-3H3. The van der Waals surface area contributed by atoms with E-state index in [1.807, 2.05) is 13.8 Å². The number of carbonyl (C=O) groups is 4. The molecular formula is C27H28N2O6. The minimum Gasteiger partial charge on any atom is -0.497 e. The zero-order valence-corrected chi connectivity index (χ0v) is 20.1. The summed E-state index contributed by atoms with van der Waals surface area (Å²) in [4.78, 5) is 55.4. The second kappa shape index (κ2) is 8.52. The number of ether oxygens (including phenoxy) is 2. The molecule has 0 aliphatic carbocycles. The minimum atomic E-state index is -0.890. The SMILES string of the molecule is COc1ccc2c(c1)C(=O)CC1(CCN(C(=O)C(C(C)C)N3C(=O)c4ccccc4C3=O)CC1)O2. The van der Waals surface area contributed by atoms with E-state index >= 15 is 0 Å². The Morgan fingerprint density at radius 2 is 1.60 bits per heavy atom. The van der Waals surface area contributed by atoms with Gasteiger partial charge in [-0.3, -0.25) is 24.1 Å². The number of likely N-dealkylation sites (tertiary alicyclic amines) is 1. The van der Waals surface area contributed by atoms with Crippen LogP contribution in [0.4, 0.5) is 0 Å². The van der Waals surface area contributed by atoms with Gasteiger partial charge < -0.3 is 14.4 Å². The van der Waals surface area contributed by atoms with Crippen molar-refractivity contribution < 1.29 is 28.7 Å². The van der Waals surface area contributed by atoms with E-state index in [0.29, 0.717) is 54.1 Å². The van der Waals surface area contributed by atoms with Crippen LogP contribution in [0.2, 0.25) is 0 Å². The van der Waals surface area contributed by atoms with Crippen molar-refractivity contribution in [3.8, 4) is 11.5 Å². The summed E-state index contributed by atoms with van der Waals surface area (Å²) in [5.41, 5.74) is 0.507. The fourth-order valence-corrected chi connectivity index (χ4v) is 5.35. The predicted octanol–water partition coefficient (Wildman–Crippen LogP) is 3.34. The van der Waals surface area contributed by atoms with E-state index in [0.717, 1.165) is 4.90 Å². The number of ketones is 1. The van der Waals surface area contributed by atoms with Crippen molar-refractivity contribution in [3.63, 3.8) is 0 Å². The minimum absolute atomic E-state index is 0.00370. The van der Waals surface area contributed by atoms with E-state index < -0.39 is 23.5 Å². The fraction of sp³-hybridized carbons (Fsp3) is 0.407. The molecule has 0 bridgehead atoms. The first kappa shape index (κ1) is 23.1. The number of methoxy groups -OCH3 is 1. The summed E-state index contributed by atoms with van der Waals surface area (Å²) in [6.07, 6.45) is 1.22. The highest BCUT2D eigenvalue weighted by molar-refractivity contribution is 6.22. The fourth-order valence-electron chi connectivity index (χ4n) is 5.35. The lowest BCUT2D eigenvalue weighted by molar-refractivity contribution is -0.140. The van der Waals surface area contributed by atoms with Crippen molar-refractivity contribution in [1.82, 2.24) is 9.80 Å². The summed E-state index contributed by atoms with van der Waals surface area (Å²) >= 11 is 0. The third-order valence-electron chi connectivity index (χ3n) is 7.27. The van der Waals surface area contributed by atoms with Crippen molar-refractivity contribution in [2.75, 3.05) is 20.2 Å². The van der Waals surface area contributed by atoms with Gasteiger partial charge in [0.2, 0.25) is 5.91 Å². The normalized spacial score (nSPS) is 19.5. The van der Waals surface area contributed by atoms with E-state index in [1.54, 1.807) is 54.5 Å². The van der Waals surface area contributed by atoms with Gasteiger partial charge in [-0.25, -0.2) is 0 Å². The molecule has 3 heterocycles. The molecule has 8 nitrogen and oxygen atoms in total. The molecule has 1 spiro atoms. The molecule has 2 aromatic carbocycles. The van der Waals surface area contributed by atoms with E-state index in [4.69, 9.17) is 9.47 Å². The van der Waals surface area contributed by atoms with Crippen molar-refractivity contribution >= 4 is 23.5 Å². The number of hydrogen-bond acceptors (Lipinski definition) is 6. The number of benzene rings is 2. The molecule has 1 fully saturated rings. The van der Waals surface area contributed by atoms with Gasteiger partial charge in [-0.05, 0) is 36.2 Å². The molecule has 0 N–H and O–H groups in total. The Hall–Kier alpha value is -3.68. The molecular weight excluding hydrogens is 448 g/mol. The molecule has 3 aliphatic rings. The van der Waals surface area contributed by atoms with Crippen LogP contribution in [0.25, 0.3) is 0 Å². The second-order valence-electron chi connectivity index (χ2n) is 9.79. The third-order valence-corrected chi connectivity index (χ3v) is 7.27. The summed E-state index contributed by atoms with van der Waals surface area (Å²) in [6.45, 7) is 4.44. The lowest BCUT2D eigenvalue weighted by atomic mass is 9.82. The van der Waals surface area contributed by atoms with Gasteiger partial charge in [0.15, 0.2) is 5.78 Å². The molecule has 35 heavy (non-hydrogen) atoms. The van der Waals surface area contributed by atoms with Gasteiger partial charge in [0.05, 0.1) is 30.2 Å². The molecule has 2 aromatic rings. The number of Topliss-reactive ketones (excluding diaryl/α,β-unsaturated/α-hetero) is 1. The molecule has 0 radical (unpaired) electrons. The molecule has 1 saturated heterocycles. The number of hydrogen-bond donors (Lipinski definition) is 0. The maximum absolute atomic E-state index is 13.6. The van der Waals surface area contributed by atoms with E-state index in [2.05, 4.69) is 0 Å². The van der Waals surface area contributed by atoms with Crippen molar-refractivity contribution in [1.29, 1.82) is 0 Å². The maximum atomic E-state index is 13.6. The summed E-state index contributed by atoms with van der Waals surface area (Å²) in [5.74, 6) is -0.237. The van der Waals surface area contributed by atoms with Crippen LogP contribution in [0, 0.1) is 5.92 Å². The van der Waals surface area contributed by atoms with Crippen LogP contribution in [0.15, 0.2) is 42.5 Å². The first-order valence-electron chi connectivity index (χ1n) is 11.9. The molecule has 3 aliphatic heterocycles. The van der Waals surface area contributed by atoms with Crippen LogP contribution in [0.1, 0.15) is 64.2 Å². The summed E-state index contributed by atoms with van der Waals surface area (Å²) in [6, 6.07) is 11.0. The highest BCUT2D eigenvalue weighted by Crippen LogP contribution is 2.41. The van der Waals surface area contributed by atoms with Crippen LogP contribution in [-0.4, -0.2) is 65.1 Å². The van der Waals surface area contributed by atoms with Crippen LogP contribution in [0.5, 0.6) is 11.5 Å². The monoisotopic (exact) mass is 476 g/mol. The van der Waals surface area contributed by atoms with E-state index in [1.165, 1.54) is 0 Å². The molecule has 0 aromatic heterocycles. The largest absolute Gasteiger partial charge is 0.497 e. The number of rotatable bonds is 4. The first-order chi connectivity index (χ1) is 16.7. The summed E-state index contributed by atoms with van der Waals surface area (Å²) in [7, 11) is 1.55. The number of carbonyl (C=O) groups excluding carboxylic acids is 4. The van der Waals surface area contributed by atoms with Crippen LogP contribution in [0.3, 0.4) is 0 Å². The number of amides is 3. The molecule has 1 atom stereocenters. The zero-order valence-electron chi connectivity index (χ0n) is 20.1. The Labute approximate surface area is 203 Å². The number of imide groups is 1. The zero-order chi connectivity index (χ0) is 24.9. The number of fused-ring (bicyclic) bond motifs is 2. The summed E-state index contributed by atoms with van der Waals surface area (Å²) < 4.78 is 11.5. The Balaban J connectivity index is 1.32. The smallest absolute Gasteiger partial charge is 0.262 e. The van der Waals surface area contributed by atoms with Crippen LogP contribution in [-0.2, 0) is 4.79 Å². The lowest BCUT2D eigenvalue weighted by Crippen LogP contribution is -2.58. The third kappa shape index (κ3) is 3.77. The molecule has 5 rings (SSSR count). The van der Waals surface area contributed by atoms with Gasteiger partial charge in [-0.1, -0.05) is 26.0 Å². The first-order valence-corrected chi connectivity index (χ1v) is 11.9. The Kier molecular flexibility index (Phi) is 5.62. The number of piperidine rings is 1. The molecule has 8 heteroatoms. The van der Waals surface area contributed by atoms with Gasteiger partial charge in [-0.2, -0.15) is 0 Å². The van der Waals surface area contributed by atoms with Crippen molar-refractivity contribution in [2.45, 2.75) is 44.8 Å². The maximum Gasteiger partial charge on any atom is 0.262 e. The Morgan fingerprint density at radius 3 is 2.17 bits per heavy atom. The lowest BCUT2D eigenvalue weighted by Gasteiger charge is -2.45. The van der Waals surface area contributed by atoms with Gasteiger partial charge in [0, 0.05) is 25.9 Å². The topological polar surface area (TPSA) is 93.2 Å². The average Bonchev–Trinajstić information content (AvgIpc) is 3.09. The molecule has 1 unspecified atom stereocenters. The van der Waals surface area contributed by atoms with Crippen LogP contribution < -0.4 is 9.47 Å². The van der Waals surface area contributed by atoms with Gasteiger partial charge in [0.25, 0.3) is 11.8 Å².